The van der Waals surface area contributed by atoms with Crippen LogP contribution in [0, 0.1) is 0 Å². The Bertz CT molecular complexity index is 266. The molecule has 0 aliphatic carbocycles. The van der Waals surface area contributed by atoms with E-state index in [0.29, 0.717) is 6.04 Å². The van der Waals surface area contributed by atoms with E-state index in [4.69, 9.17) is 5.73 Å². The van der Waals surface area contributed by atoms with Gasteiger partial charge in [0, 0.05) is 18.4 Å². The number of rotatable bonds is 1. The lowest BCUT2D eigenvalue weighted by Crippen LogP contribution is -2.13. The van der Waals surface area contributed by atoms with Crippen molar-refractivity contribution in [3.8, 4) is 0 Å². The number of nitrogens with one attached hydrogen (secondary N) is 1. The highest BCUT2D eigenvalue weighted by Crippen LogP contribution is 2.22. The van der Waals surface area contributed by atoms with E-state index in [0.717, 1.165) is 12.2 Å². The lowest BCUT2D eigenvalue weighted by atomic mass is 10.1. The SMILES string of the molecule is Nc1cncc(C2CCCN2)c1. The van der Waals surface area contributed by atoms with Crippen molar-refractivity contribution in [3.05, 3.63) is 24.0 Å². The van der Waals surface area contributed by atoms with Gasteiger partial charge in [0.1, 0.15) is 0 Å². The third-order valence-electron chi connectivity index (χ3n) is 2.24. The van der Waals surface area contributed by atoms with E-state index in [2.05, 4.69) is 10.3 Å². The molecule has 1 atom stereocenters. The summed E-state index contributed by atoms with van der Waals surface area (Å²) in [6.07, 6.45) is 6.02. The summed E-state index contributed by atoms with van der Waals surface area (Å²) in [5.74, 6) is 0. The van der Waals surface area contributed by atoms with Crippen molar-refractivity contribution in [3.63, 3.8) is 0 Å². The maximum Gasteiger partial charge on any atom is 0.0503 e. The molecule has 1 fully saturated rings. The summed E-state index contributed by atoms with van der Waals surface area (Å²) in [6, 6.07) is 2.47. The number of nitrogens with zero attached hydrogens (tertiary/aromatic N) is 1. The number of aromatic nitrogens is 1. The smallest absolute Gasteiger partial charge is 0.0503 e. The minimum Gasteiger partial charge on any atom is -0.397 e. The van der Waals surface area contributed by atoms with Crippen molar-refractivity contribution in [1.82, 2.24) is 10.3 Å². The molecule has 1 aromatic heterocycles. The normalized spacial score (nSPS) is 22.8. The molecule has 0 aromatic carbocycles. The zero-order valence-corrected chi connectivity index (χ0v) is 6.96. The molecule has 2 heterocycles. The number of nitrogen functional groups attached to an aromatic ring is 1. The van der Waals surface area contributed by atoms with Gasteiger partial charge in [-0.2, -0.15) is 0 Å². The molecule has 1 unspecified atom stereocenters. The van der Waals surface area contributed by atoms with E-state index in [9.17, 15) is 0 Å². The van der Waals surface area contributed by atoms with E-state index in [1.54, 1.807) is 6.20 Å². The lowest BCUT2D eigenvalue weighted by molar-refractivity contribution is 0.645. The average molecular weight is 163 g/mol. The molecule has 0 bridgehead atoms. The van der Waals surface area contributed by atoms with Crippen LogP contribution in [0.2, 0.25) is 0 Å². The monoisotopic (exact) mass is 163 g/mol. The van der Waals surface area contributed by atoms with Crippen LogP contribution in [0.15, 0.2) is 18.5 Å². The highest BCUT2D eigenvalue weighted by molar-refractivity contribution is 5.38. The van der Waals surface area contributed by atoms with Gasteiger partial charge in [-0.05, 0) is 31.0 Å². The Morgan fingerprint density at radius 3 is 3.08 bits per heavy atom. The highest BCUT2D eigenvalue weighted by atomic mass is 14.9. The van der Waals surface area contributed by atoms with Gasteiger partial charge in [0.25, 0.3) is 0 Å². The van der Waals surface area contributed by atoms with Crippen molar-refractivity contribution in [2.24, 2.45) is 0 Å². The van der Waals surface area contributed by atoms with Crippen LogP contribution in [0.25, 0.3) is 0 Å². The first-order valence-corrected chi connectivity index (χ1v) is 4.30. The number of hydrogen-bond acceptors (Lipinski definition) is 3. The zero-order valence-electron chi connectivity index (χ0n) is 6.96. The predicted molar refractivity (Wildman–Crippen MR) is 48.6 cm³/mol. The highest BCUT2D eigenvalue weighted by Gasteiger charge is 2.15. The van der Waals surface area contributed by atoms with Gasteiger partial charge >= 0.3 is 0 Å². The van der Waals surface area contributed by atoms with E-state index in [-0.39, 0.29) is 0 Å². The second-order valence-electron chi connectivity index (χ2n) is 3.20. The molecule has 1 aromatic rings. The first-order chi connectivity index (χ1) is 5.86. The third kappa shape index (κ3) is 1.41. The summed E-state index contributed by atoms with van der Waals surface area (Å²) < 4.78 is 0. The molecule has 12 heavy (non-hydrogen) atoms. The van der Waals surface area contributed by atoms with Gasteiger partial charge in [-0.15, -0.1) is 0 Å². The van der Waals surface area contributed by atoms with E-state index in [1.165, 1.54) is 18.4 Å². The first-order valence-electron chi connectivity index (χ1n) is 4.30. The summed E-state index contributed by atoms with van der Waals surface area (Å²) in [6.45, 7) is 1.11. The van der Waals surface area contributed by atoms with E-state index >= 15 is 0 Å². The molecule has 1 aliphatic rings. The van der Waals surface area contributed by atoms with Crippen LogP contribution >= 0.6 is 0 Å². The average Bonchev–Trinajstić information content (AvgIpc) is 2.56. The standard InChI is InChI=1S/C9H13N3/c10-8-4-7(5-11-6-8)9-2-1-3-12-9/h4-6,9,12H,1-3,10H2. The third-order valence-corrected chi connectivity index (χ3v) is 2.24. The molecule has 3 heteroatoms. The molecule has 1 aliphatic heterocycles. The predicted octanol–water partition coefficient (Wildman–Crippen LogP) is 1.09. The van der Waals surface area contributed by atoms with Crippen LogP contribution in [0.4, 0.5) is 5.69 Å². The van der Waals surface area contributed by atoms with Crippen molar-refractivity contribution >= 4 is 5.69 Å². The number of hydrogen-bond donors (Lipinski definition) is 2. The Balaban J connectivity index is 2.21. The second-order valence-corrected chi connectivity index (χ2v) is 3.20. The van der Waals surface area contributed by atoms with Gasteiger partial charge < -0.3 is 11.1 Å². The fourth-order valence-electron chi connectivity index (χ4n) is 1.64. The minimum absolute atomic E-state index is 0.473. The molecular formula is C9H13N3. The van der Waals surface area contributed by atoms with Crippen molar-refractivity contribution in [2.75, 3.05) is 12.3 Å². The molecule has 3 nitrogen and oxygen atoms in total. The van der Waals surface area contributed by atoms with Crippen LogP contribution in [-0.2, 0) is 0 Å². The molecular weight excluding hydrogens is 150 g/mol. The van der Waals surface area contributed by atoms with Gasteiger partial charge in [-0.3, -0.25) is 4.98 Å². The van der Waals surface area contributed by atoms with Crippen LogP contribution in [0.1, 0.15) is 24.4 Å². The second kappa shape index (κ2) is 3.11. The molecule has 0 radical (unpaired) electrons. The van der Waals surface area contributed by atoms with Gasteiger partial charge in [0.05, 0.1) is 5.69 Å². The molecule has 64 valence electrons. The molecule has 0 spiro atoms. The summed E-state index contributed by atoms with van der Waals surface area (Å²) in [4.78, 5) is 4.06. The lowest BCUT2D eigenvalue weighted by Gasteiger charge is -2.09. The molecule has 3 N–H and O–H groups in total. The summed E-state index contributed by atoms with van der Waals surface area (Å²) in [5.41, 5.74) is 7.60. The maximum atomic E-state index is 5.64. The van der Waals surface area contributed by atoms with Crippen LogP contribution in [-0.4, -0.2) is 11.5 Å². The molecule has 0 amide bonds. The van der Waals surface area contributed by atoms with E-state index in [1.807, 2.05) is 12.3 Å². The van der Waals surface area contributed by atoms with Gasteiger partial charge in [0.2, 0.25) is 0 Å². The quantitative estimate of drug-likeness (QED) is 0.651. The Morgan fingerprint density at radius 1 is 1.50 bits per heavy atom. The number of pyridine rings is 1. The fraction of sp³-hybridized carbons (Fsp3) is 0.444. The summed E-state index contributed by atoms with van der Waals surface area (Å²) in [7, 11) is 0. The largest absolute Gasteiger partial charge is 0.397 e. The Hall–Kier alpha value is -1.09. The maximum absolute atomic E-state index is 5.64. The van der Waals surface area contributed by atoms with Gasteiger partial charge in [0.15, 0.2) is 0 Å². The van der Waals surface area contributed by atoms with Crippen LogP contribution in [0.5, 0.6) is 0 Å². The Kier molecular flexibility index (Phi) is 1.96. The summed E-state index contributed by atoms with van der Waals surface area (Å²) in [5, 5.41) is 3.40. The van der Waals surface area contributed by atoms with Crippen molar-refractivity contribution in [1.29, 1.82) is 0 Å². The van der Waals surface area contributed by atoms with E-state index < -0.39 is 0 Å². The van der Waals surface area contributed by atoms with Gasteiger partial charge in [-0.1, -0.05) is 0 Å². The Labute approximate surface area is 72.0 Å². The van der Waals surface area contributed by atoms with Crippen LogP contribution in [0.3, 0.4) is 0 Å². The van der Waals surface area contributed by atoms with Crippen LogP contribution < -0.4 is 11.1 Å². The topological polar surface area (TPSA) is 50.9 Å². The first kappa shape index (κ1) is 7.55. The van der Waals surface area contributed by atoms with Gasteiger partial charge in [-0.25, -0.2) is 0 Å². The van der Waals surface area contributed by atoms with Crippen molar-refractivity contribution in [2.45, 2.75) is 18.9 Å². The molecule has 0 saturated carbocycles. The number of anilines is 1. The molecule has 1 saturated heterocycles. The van der Waals surface area contributed by atoms with Crippen molar-refractivity contribution < 1.29 is 0 Å². The number of nitrogens with two attached hydrogens (primary N) is 1. The Morgan fingerprint density at radius 2 is 2.42 bits per heavy atom. The molecule has 2 rings (SSSR count). The fourth-order valence-corrected chi connectivity index (χ4v) is 1.64. The summed E-state index contributed by atoms with van der Waals surface area (Å²) >= 11 is 0. The minimum atomic E-state index is 0.473. The zero-order chi connectivity index (χ0) is 8.39.